The minimum Gasteiger partial charge on any atom is -0.755 e. The van der Waals surface area contributed by atoms with Crippen molar-refractivity contribution < 1.29 is 41.1 Å². The molecule has 4 aromatic carbocycles. The first-order chi connectivity index (χ1) is 25.2. The van der Waals surface area contributed by atoms with Crippen LogP contribution in [-0.2, 0) is 31.8 Å². The number of hydrogen-bond donors (Lipinski definition) is 1. The summed E-state index contributed by atoms with van der Waals surface area (Å²) in [6.07, 6.45) is -4.75. The number of esters is 1. The molecule has 2 atom stereocenters. The fraction of sp³-hybridized carbons (Fsp3) is 0.211. The number of anilines is 2. The van der Waals surface area contributed by atoms with E-state index >= 15 is 0 Å². The Morgan fingerprint density at radius 3 is 1.94 bits per heavy atom. The largest absolute Gasteiger partial charge is 0.755 e. The van der Waals surface area contributed by atoms with Gasteiger partial charge in [0.1, 0.15) is 5.00 Å². The number of carbonyl (C=O) groups is 3. The number of benzene rings is 4. The van der Waals surface area contributed by atoms with Gasteiger partial charge in [-0.25, -0.2) is 4.98 Å². The van der Waals surface area contributed by atoms with Crippen LogP contribution in [-0.4, -0.2) is 56.6 Å². The molecule has 10 nitrogen and oxygen atoms in total. The first-order valence-corrected chi connectivity index (χ1v) is 18.0. The van der Waals surface area contributed by atoms with Gasteiger partial charge in [-0.2, -0.15) is 13.2 Å². The summed E-state index contributed by atoms with van der Waals surface area (Å²) < 4.78 is 70.6. The third-order valence-corrected chi connectivity index (χ3v) is 10.2. The van der Waals surface area contributed by atoms with Crippen LogP contribution in [0.2, 0.25) is 0 Å². The fourth-order valence-corrected chi connectivity index (χ4v) is 7.40. The number of rotatable bonds is 13. The second kappa shape index (κ2) is 17.0. The Labute approximate surface area is 310 Å². The van der Waals surface area contributed by atoms with Crippen molar-refractivity contribution in [3.63, 3.8) is 0 Å². The number of aryl methyl sites for hydroxylation is 1. The Morgan fingerprint density at radius 2 is 1.42 bits per heavy atom. The van der Waals surface area contributed by atoms with Gasteiger partial charge in [-0.1, -0.05) is 90.2 Å². The van der Waals surface area contributed by atoms with Gasteiger partial charge in [-0.15, -0.1) is 0 Å². The number of alkyl halides is 3. The molecule has 5 aromatic rings. The summed E-state index contributed by atoms with van der Waals surface area (Å²) in [7, 11) is 1.23. The SMILES string of the molecule is COC(=O)CC(c1ccc(-c2ccccc2)cc1)N(CCN(c1sc(NC(C)=O)nc1C)S(=O)[O-])C(=O)c1ccc(-c2ccc(C(F)(F)F)cc2)cc1. The quantitative estimate of drug-likeness (QED) is 0.0956. The minimum atomic E-state index is -4.48. The molecule has 0 saturated carbocycles. The van der Waals surface area contributed by atoms with Crippen molar-refractivity contribution in [2.24, 2.45) is 0 Å². The van der Waals surface area contributed by atoms with Crippen LogP contribution in [0, 0.1) is 6.92 Å². The van der Waals surface area contributed by atoms with Crippen LogP contribution in [0.15, 0.2) is 103 Å². The number of nitrogens with one attached hydrogen (secondary N) is 1. The maximum Gasteiger partial charge on any atom is 0.416 e. The number of aromatic nitrogens is 1. The Balaban J connectivity index is 1.52. The van der Waals surface area contributed by atoms with Crippen LogP contribution < -0.4 is 9.62 Å². The lowest BCUT2D eigenvalue weighted by molar-refractivity contribution is -0.142. The highest BCUT2D eigenvalue weighted by molar-refractivity contribution is 7.81. The molecule has 0 aliphatic rings. The molecule has 0 fully saturated rings. The first kappa shape index (κ1) is 38.8. The number of methoxy groups -OCH3 is 1. The molecular weight excluding hydrogens is 730 g/mol. The van der Waals surface area contributed by atoms with Gasteiger partial charge < -0.3 is 19.5 Å². The predicted octanol–water partition coefficient (Wildman–Crippen LogP) is 7.81. The zero-order valence-corrected chi connectivity index (χ0v) is 30.4. The van der Waals surface area contributed by atoms with E-state index in [-0.39, 0.29) is 41.1 Å². The summed E-state index contributed by atoms with van der Waals surface area (Å²) in [5, 5.41) is 2.98. The fourth-order valence-electron chi connectivity index (χ4n) is 5.67. The number of carbonyl (C=O) groups excluding carboxylic acids is 3. The topological polar surface area (TPSA) is 132 Å². The van der Waals surface area contributed by atoms with Crippen molar-refractivity contribution in [3.05, 3.63) is 126 Å². The number of thiazole rings is 1. The highest BCUT2D eigenvalue weighted by Gasteiger charge is 2.31. The van der Waals surface area contributed by atoms with Crippen LogP contribution in [0.1, 0.15) is 46.6 Å². The highest BCUT2D eigenvalue weighted by atomic mass is 32.2. The lowest BCUT2D eigenvalue weighted by Crippen LogP contribution is -2.42. The van der Waals surface area contributed by atoms with E-state index < -0.39 is 40.9 Å². The molecule has 15 heteroatoms. The van der Waals surface area contributed by atoms with E-state index in [4.69, 9.17) is 4.74 Å². The van der Waals surface area contributed by atoms with Gasteiger partial charge in [0.2, 0.25) is 5.91 Å². The predicted molar refractivity (Wildman–Crippen MR) is 197 cm³/mol. The van der Waals surface area contributed by atoms with Crippen molar-refractivity contribution in [1.82, 2.24) is 9.88 Å². The lowest BCUT2D eigenvalue weighted by atomic mass is 9.97. The van der Waals surface area contributed by atoms with Crippen molar-refractivity contribution in [3.8, 4) is 22.3 Å². The van der Waals surface area contributed by atoms with Gasteiger partial charge in [-0.05, 0) is 59.0 Å². The van der Waals surface area contributed by atoms with Crippen molar-refractivity contribution in [2.45, 2.75) is 32.5 Å². The number of amides is 2. The van der Waals surface area contributed by atoms with E-state index in [1.807, 2.05) is 42.5 Å². The number of ether oxygens (including phenoxy) is 1. The van der Waals surface area contributed by atoms with Gasteiger partial charge in [0.05, 0.1) is 30.8 Å². The summed E-state index contributed by atoms with van der Waals surface area (Å²) in [6, 6.07) is 26.9. The normalized spacial score (nSPS) is 12.4. The standard InChI is InChI=1S/C38H35F3N4O6S2/c1-24-36(52-37(42-24)43-25(2)46)45(53(49)50)22-21-44(33(23-34(47)51-3)30-13-9-27(10-14-30)26-7-5-4-6-8-26)35(48)31-15-11-28(12-16-31)29-17-19-32(20-18-29)38(39,40)41/h4-20,33H,21-23H2,1-3H3,(H,49,50)(H,42,43,46)/p-1. The van der Waals surface area contributed by atoms with Crippen LogP contribution in [0.4, 0.5) is 23.3 Å². The van der Waals surface area contributed by atoms with Gasteiger partial charge in [0, 0.05) is 36.8 Å². The summed E-state index contributed by atoms with van der Waals surface area (Å²) in [4.78, 5) is 44.6. The molecule has 0 saturated heterocycles. The van der Waals surface area contributed by atoms with E-state index in [0.717, 1.165) is 38.9 Å². The van der Waals surface area contributed by atoms with E-state index in [0.29, 0.717) is 22.4 Å². The zero-order chi connectivity index (χ0) is 38.3. The summed E-state index contributed by atoms with van der Waals surface area (Å²) >= 11 is -1.87. The zero-order valence-electron chi connectivity index (χ0n) is 28.8. The molecule has 0 aliphatic heterocycles. The van der Waals surface area contributed by atoms with E-state index in [1.54, 1.807) is 31.2 Å². The minimum absolute atomic E-state index is 0.188. The smallest absolute Gasteiger partial charge is 0.416 e. The third kappa shape index (κ3) is 9.74. The highest BCUT2D eigenvalue weighted by Crippen LogP contribution is 2.35. The van der Waals surface area contributed by atoms with Crippen molar-refractivity contribution in [1.29, 1.82) is 0 Å². The lowest BCUT2D eigenvalue weighted by Gasteiger charge is -2.34. The Kier molecular flexibility index (Phi) is 12.4. The Hall–Kier alpha value is -5.38. The molecule has 1 aromatic heterocycles. The average Bonchev–Trinajstić information content (AvgIpc) is 3.50. The molecular formula is C38H34F3N4O6S2-. The molecule has 0 bridgehead atoms. The van der Waals surface area contributed by atoms with Crippen molar-refractivity contribution in [2.75, 3.05) is 29.8 Å². The molecule has 0 spiro atoms. The number of halogens is 3. The van der Waals surface area contributed by atoms with Crippen molar-refractivity contribution >= 4 is 50.5 Å². The summed E-state index contributed by atoms with van der Waals surface area (Å²) in [5.74, 6) is -1.54. The summed E-state index contributed by atoms with van der Waals surface area (Å²) in [6.45, 7) is 2.45. The second-order valence-corrected chi connectivity index (χ2v) is 13.7. The van der Waals surface area contributed by atoms with Gasteiger partial charge in [0.15, 0.2) is 5.13 Å². The van der Waals surface area contributed by atoms with Crippen LogP contribution in [0.3, 0.4) is 0 Å². The molecule has 2 amide bonds. The third-order valence-electron chi connectivity index (χ3n) is 8.31. The van der Waals surface area contributed by atoms with Crippen LogP contribution in [0.25, 0.3) is 22.3 Å². The maximum absolute atomic E-state index is 14.5. The van der Waals surface area contributed by atoms with Crippen LogP contribution in [0.5, 0.6) is 0 Å². The van der Waals surface area contributed by atoms with Gasteiger partial charge in [0.25, 0.3) is 5.91 Å². The first-order valence-electron chi connectivity index (χ1n) is 16.2. The second-order valence-electron chi connectivity index (χ2n) is 11.8. The Bertz CT molecular complexity index is 2070. The maximum atomic E-state index is 14.5. The monoisotopic (exact) mass is 763 g/mol. The molecule has 0 aliphatic carbocycles. The van der Waals surface area contributed by atoms with Gasteiger partial charge in [-0.3, -0.25) is 22.9 Å². The molecule has 1 N–H and O–H groups in total. The van der Waals surface area contributed by atoms with E-state index in [9.17, 15) is 36.3 Å². The average molecular weight is 764 g/mol. The van der Waals surface area contributed by atoms with Crippen LogP contribution >= 0.6 is 11.3 Å². The molecule has 2 unspecified atom stereocenters. The van der Waals surface area contributed by atoms with Gasteiger partial charge >= 0.3 is 12.1 Å². The molecule has 276 valence electrons. The van der Waals surface area contributed by atoms with E-state index in [2.05, 4.69) is 10.3 Å². The number of nitrogens with zero attached hydrogens (tertiary/aromatic N) is 3. The number of hydrogen-bond acceptors (Lipinski definition) is 8. The Morgan fingerprint density at radius 1 is 0.868 bits per heavy atom. The molecule has 53 heavy (non-hydrogen) atoms. The van der Waals surface area contributed by atoms with E-state index in [1.165, 1.54) is 43.2 Å². The molecule has 5 rings (SSSR count). The summed E-state index contributed by atoms with van der Waals surface area (Å²) in [5.41, 5.74) is 3.24. The molecule has 1 heterocycles. The molecule has 0 radical (unpaired) electrons.